The fourth-order valence-corrected chi connectivity index (χ4v) is 2.30. The molecule has 53 valence electrons. The highest BCUT2D eigenvalue weighted by molar-refractivity contribution is 7.91. The average Bonchev–Trinajstić information content (AvgIpc) is 2.36. The molecule has 4 nitrogen and oxygen atoms in total. The largest absolute Gasteiger partial charge is 0.320 e. The third kappa shape index (κ3) is 0.607. The summed E-state index contributed by atoms with van der Waals surface area (Å²) in [6, 6.07) is 0. The number of aryl methyl sites for hydroxylation is 1. The second-order valence-electron chi connectivity index (χ2n) is 2.16. The monoisotopic (exact) mass is 157 g/mol. The summed E-state index contributed by atoms with van der Waals surface area (Å²) in [7, 11) is -3.04. The third-order valence-electron chi connectivity index (χ3n) is 1.50. The summed E-state index contributed by atoms with van der Waals surface area (Å²) in [5, 5.41) is 0.160. The maximum atomic E-state index is 11.0. The molecule has 2 heterocycles. The van der Waals surface area contributed by atoms with Crippen molar-refractivity contribution in [3.8, 4) is 0 Å². The first-order valence-electron chi connectivity index (χ1n) is 2.86. The molecule has 1 aliphatic heterocycles. The Morgan fingerprint density at radius 1 is 1.70 bits per heavy atom. The van der Waals surface area contributed by atoms with Crippen LogP contribution < -0.4 is 0 Å². The summed E-state index contributed by atoms with van der Waals surface area (Å²) >= 11 is 0. The molecule has 0 fully saturated rings. The van der Waals surface area contributed by atoms with E-state index in [1.54, 1.807) is 10.8 Å². The van der Waals surface area contributed by atoms with Gasteiger partial charge in [0.15, 0.2) is 0 Å². The molecule has 0 saturated heterocycles. The van der Waals surface area contributed by atoms with Gasteiger partial charge in [0.25, 0.3) is 0 Å². The molecule has 0 aromatic carbocycles. The molecule has 0 N–H and O–H groups in total. The van der Waals surface area contributed by atoms with Crippen molar-refractivity contribution in [1.82, 2.24) is 9.55 Å². The predicted molar refractivity (Wildman–Crippen MR) is 33.1 cm³/mol. The molecule has 0 saturated carbocycles. The quantitative estimate of drug-likeness (QED) is 0.508. The lowest BCUT2D eigenvalue weighted by Gasteiger charge is -1.86. The van der Waals surface area contributed by atoms with Crippen LogP contribution in [0.1, 0.15) is 0 Å². The van der Waals surface area contributed by atoms with Crippen molar-refractivity contribution in [1.29, 1.82) is 0 Å². The van der Waals surface area contributed by atoms with Crippen LogP contribution >= 0.6 is 0 Å². The molecule has 2 rings (SSSR count). The van der Waals surface area contributed by atoms with Crippen LogP contribution in [0.2, 0.25) is 0 Å². The van der Waals surface area contributed by atoms with Gasteiger partial charge in [-0.1, -0.05) is 0 Å². The van der Waals surface area contributed by atoms with E-state index in [2.05, 4.69) is 11.2 Å². The highest BCUT2D eigenvalue weighted by Crippen LogP contribution is 2.15. The number of imidazole rings is 1. The summed E-state index contributed by atoms with van der Waals surface area (Å²) in [6.07, 6.45) is 4.05. The van der Waals surface area contributed by atoms with E-state index in [1.165, 1.54) is 0 Å². The van der Waals surface area contributed by atoms with Gasteiger partial charge in [-0.2, -0.15) is 0 Å². The van der Waals surface area contributed by atoms with Crippen molar-refractivity contribution in [2.75, 3.05) is 5.75 Å². The van der Waals surface area contributed by atoms with Gasteiger partial charge < -0.3 is 4.57 Å². The number of aromatic nitrogens is 2. The molecule has 0 unspecified atom stereocenters. The number of hydrogen-bond acceptors (Lipinski definition) is 3. The van der Waals surface area contributed by atoms with E-state index in [9.17, 15) is 8.42 Å². The fourth-order valence-electron chi connectivity index (χ4n) is 0.991. The van der Waals surface area contributed by atoms with Crippen molar-refractivity contribution in [2.45, 2.75) is 11.7 Å². The van der Waals surface area contributed by atoms with Gasteiger partial charge in [0.1, 0.15) is 6.20 Å². The van der Waals surface area contributed by atoms with E-state index < -0.39 is 9.84 Å². The van der Waals surface area contributed by atoms with E-state index in [-0.39, 0.29) is 10.9 Å². The summed E-state index contributed by atoms with van der Waals surface area (Å²) in [5.74, 6) is 0.185. The van der Waals surface area contributed by atoms with E-state index >= 15 is 0 Å². The molecule has 5 heteroatoms. The smallest absolute Gasteiger partial charge is 0.228 e. The minimum Gasteiger partial charge on any atom is -0.320 e. The Kier molecular flexibility index (Phi) is 0.947. The van der Waals surface area contributed by atoms with Crippen LogP contribution in [0.25, 0.3) is 0 Å². The molecule has 1 aromatic heterocycles. The van der Waals surface area contributed by atoms with Gasteiger partial charge in [-0.3, -0.25) is 0 Å². The Labute approximate surface area is 58.4 Å². The maximum absolute atomic E-state index is 11.0. The lowest BCUT2D eigenvalue weighted by Crippen LogP contribution is -1.99. The molecular formula is C5H5N2O2S. The van der Waals surface area contributed by atoms with Crippen molar-refractivity contribution in [3.05, 3.63) is 12.4 Å². The van der Waals surface area contributed by atoms with Crippen LogP contribution in [0.5, 0.6) is 0 Å². The van der Waals surface area contributed by atoms with E-state index in [0.717, 1.165) is 0 Å². The number of nitrogens with zero attached hydrogens (tertiary/aromatic N) is 2. The Bertz CT molecular complexity index is 351. The molecule has 1 radical (unpaired) electrons. The fraction of sp³-hybridized carbons (Fsp3) is 0.400. The molecule has 0 amide bonds. The maximum Gasteiger partial charge on any atom is 0.228 e. The van der Waals surface area contributed by atoms with Gasteiger partial charge in [0.05, 0.1) is 5.75 Å². The first kappa shape index (κ1) is 5.91. The van der Waals surface area contributed by atoms with Crippen molar-refractivity contribution >= 4 is 9.84 Å². The van der Waals surface area contributed by atoms with Gasteiger partial charge >= 0.3 is 0 Å². The first-order chi connectivity index (χ1) is 4.70. The molecule has 1 aromatic rings. The van der Waals surface area contributed by atoms with Gasteiger partial charge in [-0.25, -0.2) is 13.4 Å². The van der Waals surface area contributed by atoms with E-state index in [1.807, 2.05) is 0 Å². The number of rotatable bonds is 0. The van der Waals surface area contributed by atoms with E-state index in [0.29, 0.717) is 6.54 Å². The molecule has 0 aliphatic carbocycles. The standard InChI is InChI=1S/C5H5N2O2S/c8-10(9)4-3-7-2-1-6-5(7)10/h2H,3-4H2. The molecule has 1 aliphatic rings. The van der Waals surface area contributed by atoms with Crippen LogP contribution in [0.3, 0.4) is 0 Å². The first-order valence-corrected chi connectivity index (χ1v) is 4.51. The minimum absolute atomic E-state index is 0.160. The highest BCUT2D eigenvalue weighted by atomic mass is 32.2. The van der Waals surface area contributed by atoms with Crippen molar-refractivity contribution < 1.29 is 8.42 Å². The molecule has 0 atom stereocenters. The minimum atomic E-state index is -3.04. The topological polar surface area (TPSA) is 52.0 Å². The van der Waals surface area contributed by atoms with Crippen LogP contribution in [0.4, 0.5) is 0 Å². The number of fused-ring (bicyclic) bond motifs is 1. The van der Waals surface area contributed by atoms with Crippen molar-refractivity contribution in [3.63, 3.8) is 0 Å². The molecule has 10 heavy (non-hydrogen) atoms. The van der Waals surface area contributed by atoms with Gasteiger partial charge in [-0.15, -0.1) is 0 Å². The normalized spacial score (nSPS) is 20.8. The van der Waals surface area contributed by atoms with Crippen LogP contribution in [0, 0.1) is 6.20 Å². The highest BCUT2D eigenvalue weighted by Gasteiger charge is 2.26. The van der Waals surface area contributed by atoms with Crippen LogP contribution in [0.15, 0.2) is 11.4 Å². The summed E-state index contributed by atoms with van der Waals surface area (Å²) in [5.41, 5.74) is 0. The van der Waals surface area contributed by atoms with Gasteiger partial charge in [0.2, 0.25) is 15.0 Å². The Balaban J connectivity index is 2.76. The Hall–Kier alpha value is -0.840. The molecule has 0 bridgehead atoms. The average molecular weight is 157 g/mol. The lowest BCUT2D eigenvalue weighted by atomic mass is 10.7. The predicted octanol–water partition coefficient (Wildman–Crippen LogP) is -0.529. The van der Waals surface area contributed by atoms with Gasteiger partial charge in [-0.05, 0) is 0 Å². The summed E-state index contributed by atoms with van der Waals surface area (Å²) < 4.78 is 23.6. The van der Waals surface area contributed by atoms with Crippen LogP contribution in [-0.4, -0.2) is 23.7 Å². The number of hydrogen-bond donors (Lipinski definition) is 0. The SMILES string of the molecule is O=S1(=O)CCn2c[c]nc21. The molecular weight excluding hydrogens is 152 g/mol. The Morgan fingerprint density at radius 3 is 3.20 bits per heavy atom. The van der Waals surface area contributed by atoms with Gasteiger partial charge in [0, 0.05) is 12.7 Å². The zero-order valence-electron chi connectivity index (χ0n) is 5.11. The second-order valence-corrected chi connectivity index (χ2v) is 4.17. The van der Waals surface area contributed by atoms with E-state index in [4.69, 9.17) is 0 Å². The molecule has 0 spiro atoms. The summed E-state index contributed by atoms with van der Waals surface area (Å²) in [6.45, 7) is 0.522. The Morgan fingerprint density at radius 2 is 2.50 bits per heavy atom. The lowest BCUT2D eigenvalue weighted by molar-refractivity contribution is 0.594. The number of sulfone groups is 1. The zero-order chi connectivity index (χ0) is 7.19. The van der Waals surface area contributed by atoms with Crippen LogP contribution in [-0.2, 0) is 16.4 Å². The summed E-state index contributed by atoms with van der Waals surface area (Å²) in [4.78, 5) is 3.60. The second kappa shape index (κ2) is 1.60. The zero-order valence-corrected chi connectivity index (χ0v) is 5.93. The van der Waals surface area contributed by atoms with Crippen molar-refractivity contribution in [2.24, 2.45) is 0 Å². The third-order valence-corrected chi connectivity index (χ3v) is 3.10.